The van der Waals surface area contributed by atoms with Crippen LogP contribution in [0.4, 0.5) is 0 Å². The molecule has 0 saturated heterocycles. The molecule has 0 unspecified atom stereocenters. The monoisotopic (exact) mass is 721 g/mol. The first kappa shape index (κ1) is 33.5. The van der Waals surface area contributed by atoms with Gasteiger partial charge in [-0.25, -0.2) is 10.4 Å². The Labute approximate surface area is 293 Å². The van der Waals surface area contributed by atoms with Crippen LogP contribution in [0.1, 0.15) is 34.8 Å². The van der Waals surface area contributed by atoms with Crippen LogP contribution in [0.3, 0.4) is 0 Å². The molecule has 1 aliphatic rings. The number of carbonyl (C=O) groups is 1. The summed E-state index contributed by atoms with van der Waals surface area (Å²) in [5.41, 5.74) is 8.47. The fourth-order valence-electron chi connectivity index (χ4n) is 5.52. The van der Waals surface area contributed by atoms with Gasteiger partial charge in [-0.3, -0.25) is 10.2 Å². The Morgan fingerprint density at radius 1 is 0.875 bits per heavy atom. The van der Waals surface area contributed by atoms with E-state index in [1.165, 1.54) is 0 Å². The predicted octanol–water partition coefficient (Wildman–Crippen LogP) is 7.68. The average Bonchev–Trinajstić information content (AvgIpc) is 3.51. The molecule has 1 amide bonds. The third kappa shape index (κ3) is 8.17. The maximum Gasteiger partial charge on any atom is 0.266 e. The molecule has 5 aromatic carbocycles. The lowest BCUT2D eigenvalue weighted by atomic mass is 9.82. The standard InChI is InChI=1S/C39H36BrN3O4S/c40-32-20-16-28(17-21-32)26-39(38(45)43-41-27-31-12-7-8-15-35(31)48-34-13-5-2-6-14-34)36(29-10-3-1-4-11-29)47-37(42-39)30-18-22-33(23-19-30)46-25-9-24-44/h1-8,10-23,36,41,44H,9,24-27H2,(H,43,45)/t36-,39-/m0/s1. The van der Waals surface area contributed by atoms with Crippen LogP contribution in [0.15, 0.2) is 153 Å². The SMILES string of the molecule is O=C(NNCc1ccccc1Sc1ccccc1)[C@@]1(Cc2ccc(Br)cc2)N=C(c2ccc(OCCCO)cc2)O[C@H]1c1ccccc1. The van der Waals surface area contributed by atoms with Crippen molar-refractivity contribution in [2.75, 3.05) is 13.2 Å². The lowest BCUT2D eigenvalue weighted by molar-refractivity contribution is -0.130. The van der Waals surface area contributed by atoms with Gasteiger partial charge in [0, 0.05) is 45.8 Å². The molecule has 0 aromatic heterocycles. The Morgan fingerprint density at radius 2 is 1.56 bits per heavy atom. The van der Waals surface area contributed by atoms with Gasteiger partial charge in [-0.2, -0.15) is 0 Å². The number of halogens is 1. The highest BCUT2D eigenvalue weighted by molar-refractivity contribution is 9.10. The summed E-state index contributed by atoms with van der Waals surface area (Å²) in [6.45, 7) is 0.906. The van der Waals surface area contributed by atoms with E-state index >= 15 is 0 Å². The van der Waals surface area contributed by atoms with Gasteiger partial charge >= 0.3 is 0 Å². The van der Waals surface area contributed by atoms with E-state index in [-0.39, 0.29) is 12.5 Å². The maximum atomic E-state index is 14.6. The molecule has 48 heavy (non-hydrogen) atoms. The van der Waals surface area contributed by atoms with Crippen molar-refractivity contribution in [2.24, 2.45) is 4.99 Å². The molecule has 0 spiro atoms. The van der Waals surface area contributed by atoms with Gasteiger partial charge in [0.25, 0.3) is 5.91 Å². The van der Waals surface area contributed by atoms with Crippen LogP contribution in [0.5, 0.6) is 5.75 Å². The number of amides is 1. The van der Waals surface area contributed by atoms with E-state index in [1.807, 2.05) is 109 Å². The first-order valence-electron chi connectivity index (χ1n) is 15.8. The number of ether oxygens (including phenoxy) is 2. The minimum atomic E-state index is -1.33. The first-order chi connectivity index (χ1) is 23.5. The van der Waals surface area contributed by atoms with Crippen LogP contribution >= 0.6 is 27.7 Å². The van der Waals surface area contributed by atoms with Gasteiger partial charge in [0.2, 0.25) is 5.90 Å². The molecule has 7 nitrogen and oxygen atoms in total. The van der Waals surface area contributed by atoms with Crippen molar-refractivity contribution in [2.45, 2.75) is 40.8 Å². The minimum absolute atomic E-state index is 0.0696. The van der Waals surface area contributed by atoms with Crippen molar-refractivity contribution in [3.05, 3.63) is 160 Å². The molecular formula is C39H36BrN3O4S. The molecule has 0 saturated carbocycles. The normalized spacial score (nSPS) is 17.0. The molecule has 6 rings (SSSR count). The third-order valence-electron chi connectivity index (χ3n) is 7.94. The van der Waals surface area contributed by atoms with E-state index < -0.39 is 11.6 Å². The Morgan fingerprint density at radius 3 is 2.29 bits per heavy atom. The van der Waals surface area contributed by atoms with Gasteiger partial charge in [-0.05, 0) is 71.3 Å². The molecule has 0 bridgehead atoms. The molecule has 3 N–H and O–H groups in total. The number of aliphatic hydroxyl groups is 1. The van der Waals surface area contributed by atoms with Crippen LogP contribution in [0, 0.1) is 0 Å². The second kappa shape index (κ2) is 16.1. The van der Waals surface area contributed by atoms with Crippen molar-refractivity contribution in [3.8, 4) is 5.75 Å². The molecule has 5 aromatic rings. The number of nitrogens with zero attached hydrogens (tertiary/aromatic N) is 1. The summed E-state index contributed by atoms with van der Waals surface area (Å²) in [6.07, 6.45) is 0.162. The Hall–Kier alpha value is -4.41. The second-order valence-corrected chi connectivity index (χ2v) is 13.4. The number of carbonyl (C=O) groups excluding carboxylic acids is 1. The van der Waals surface area contributed by atoms with Crippen molar-refractivity contribution in [1.29, 1.82) is 0 Å². The number of hydrazine groups is 1. The van der Waals surface area contributed by atoms with Crippen LogP contribution < -0.4 is 15.6 Å². The quantitative estimate of drug-likeness (QED) is 0.0805. The molecule has 2 atom stereocenters. The van der Waals surface area contributed by atoms with Crippen LogP contribution in [-0.4, -0.2) is 35.7 Å². The zero-order valence-corrected chi connectivity index (χ0v) is 28.6. The molecule has 1 heterocycles. The van der Waals surface area contributed by atoms with E-state index in [0.29, 0.717) is 37.6 Å². The molecular weight excluding hydrogens is 686 g/mol. The largest absolute Gasteiger partial charge is 0.494 e. The van der Waals surface area contributed by atoms with Gasteiger partial charge in [-0.15, -0.1) is 0 Å². The number of benzene rings is 5. The highest BCUT2D eigenvalue weighted by atomic mass is 79.9. The zero-order valence-electron chi connectivity index (χ0n) is 26.2. The van der Waals surface area contributed by atoms with Gasteiger partial charge in [0.05, 0.1) is 6.61 Å². The van der Waals surface area contributed by atoms with Crippen LogP contribution in [-0.2, 0) is 22.5 Å². The number of aliphatic imine (C=N–C) groups is 1. The van der Waals surface area contributed by atoms with E-state index in [0.717, 1.165) is 36.5 Å². The average molecular weight is 723 g/mol. The lowest BCUT2D eigenvalue weighted by Crippen LogP contribution is -2.53. The second-order valence-electron chi connectivity index (χ2n) is 11.3. The summed E-state index contributed by atoms with van der Waals surface area (Å²) >= 11 is 5.22. The highest BCUT2D eigenvalue weighted by Gasteiger charge is 2.53. The van der Waals surface area contributed by atoms with Gasteiger partial charge in [0.1, 0.15) is 5.75 Å². The van der Waals surface area contributed by atoms with Crippen molar-refractivity contribution >= 4 is 39.5 Å². The van der Waals surface area contributed by atoms with Crippen LogP contribution in [0.2, 0.25) is 0 Å². The van der Waals surface area contributed by atoms with Gasteiger partial charge < -0.3 is 14.6 Å². The molecule has 244 valence electrons. The number of hydrogen-bond acceptors (Lipinski definition) is 7. The highest BCUT2D eigenvalue weighted by Crippen LogP contribution is 2.42. The van der Waals surface area contributed by atoms with Crippen molar-refractivity contribution < 1.29 is 19.4 Å². The van der Waals surface area contributed by atoms with Gasteiger partial charge in [-0.1, -0.05) is 107 Å². The Kier molecular flexibility index (Phi) is 11.3. The molecule has 9 heteroatoms. The molecule has 0 aliphatic carbocycles. The number of hydrogen-bond donors (Lipinski definition) is 3. The summed E-state index contributed by atoms with van der Waals surface area (Å²) in [4.78, 5) is 21.9. The number of nitrogens with one attached hydrogen (secondary N) is 2. The van der Waals surface area contributed by atoms with Gasteiger partial charge in [0.15, 0.2) is 11.6 Å². The third-order valence-corrected chi connectivity index (χ3v) is 9.60. The molecule has 1 aliphatic heterocycles. The van der Waals surface area contributed by atoms with E-state index in [1.54, 1.807) is 11.8 Å². The summed E-state index contributed by atoms with van der Waals surface area (Å²) in [5, 5.41) is 9.09. The topological polar surface area (TPSA) is 92.2 Å². The number of aliphatic hydroxyl groups excluding tert-OH is 1. The Bertz CT molecular complexity index is 1820. The fraction of sp³-hybridized carbons (Fsp3) is 0.179. The summed E-state index contributed by atoms with van der Waals surface area (Å²) in [6, 6.07) is 43.5. The summed E-state index contributed by atoms with van der Waals surface area (Å²) in [7, 11) is 0. The van der Waals surface area contributed by atoms with Crippen molar-refractivity contribution in [1.82, 2.24) is 10.9 Å². The predicted molar refractivity (Wildman–Crippen MR) is 193 cm³/mol. The minimum Gasteiger partial charge on any atom is -0.494 e. The molecule has 0 fully saturated rings. The fourth-order valence-corrected chi connectivity index (χ4v) is 6.75. The van der Waals surface area contributed by atoms with Crippen LogP contribution in [0.25, 0.3) is 0 Å². The molecule has 0 radical (unpaired) electrons. The zero-order chi connectivity index (χ0) is 33.2. The summed E-state index contributed by atoms with van der Waals surface area (Å²) in [5.74, 6) is 0.758. The number of rotatable bonds is 14. The van der Waals surface area contributed by atoms with E-state index in [2.05, 4.69) is 51.0 Å². The maximum absolute atomic E-state index is 14.6. The van der Waals surface area contributed by atoms with Crippen molar-refractivity contribution in [3.63, 3.8) is 0 Å². The van der Waals surface area contributed by atoms with E-state index in [4.69, 9.17) is 19.6 Å². The van der Waals surface area contributed by atoms with E-state index in [9.17, 15) is 4.79 Å². The smallest absolute Gasteiger partial charge is 0.266 e. The Balaban J connectivity index is 1.30. The first-order valence-corrected chi connectivity index (χ1v) is 17.4. The lowest BCUT2D eigenvalue weighted by Gasteiger charge is -2.31. The summed E-state index contributed by atoms with van der Waals surface area (Å²) < 4.78 is 13.3.